The fourth-order valence-corrected chi connectivity index (χ4v) is 8.04. The van der Waals surface area contributed by atoms with Gasteiger partial charge in [-0.05, 0) is 75.4 Å². The van der Waals surface area contributed by atoms with Gasteiger partial charge in [-0.3, -0.25) is 19.3 Å². The van der Waals surface area contributed by atoms with Crippen LogP contribution in [0, 0.1) is 17.8 Å². The van der Waals surface area contributed by atoms with Gasteiger partial charge in [0.15, 0.2) is 11.4 Å². The molecule has 234 valence electrons. The Balaban J connectivity index is 1.57. The molecule has 11 heteroatoms. The maximum Gasteiger partial charge on any atom is 0.255 e. The summed E-state index contributed by atoms with van der Waals surface area (Å²) >= 11 is 0. The second kappa shape index (κ2) is 11.6. The van der Waals surface area contributed by atoms with Crippen LogP contribution in [0.1, 0.15) is 61.6 Å². The normalized spacial score (nSPS) is 28.0. The Morgan fingerprint density at radius 3 is 2.30 bits per heavy atom. The summed E-state index contributed by atoms with van der Waals surface area (Å²) in [5.41, 5.74) is 4.24. The maximum atomic E-state index is 14.1. The number of fused-ring (bicyclic) bond motifs is 3. The molecule has 1 aromatic carbocycles. The van der Waals surface area contributed by atoms with Crippen molar-refractivity contribution < 1.29 is 34.8 Å². The number of rotatable bonds is 7. The van der Waals surface area contributed by atoms with Crippen LogP contribution < -0.4 is 16.0 Å². The molecule has 0 unspecified atom stereocenters. The second-order valence-corrected chi connectivity index (χ2v) is 13.1. The minimum Gasteiger partial charge on any atom is -0.508 e. The minimum absolute atomic E-state index is 0.0591. The number of aliphatic hydroxyl groups excluding tert-OH is 2. The lowest BCUT2D eigenvalue weighted by atomic mass is 9.57. The van der Waals surface area contributed by atoms with E-state index in [1.54, 1.807) is 20.2 Å². The topological polar surface area (TPSA) is 177 Å². The summed E-state index contributed by atoms with van der Waals surface area (Å²) in [4.78, 5) is 43.0. The highest BCUT2D eigenvalue weighted by Crippen LogP contribution is 2.54. The van der Waals surface area contributed by atoms with Gasteiger partial charge in [-0.2, -0.15) is 0 Å². The molecule has 4 atom stereocenters. The van der Waals surface area contributed by atoms with Gasteiger partial charge in [0.05, 0.1) is 11.6 Å². The van der Waals surface area contributed by atoms with Crippen molar-refractivity contribution in [2.75, 3.05) is 39.6 Å². The van der Waals surface area contributed by atoms with Crippen molar-refractivity contribution in [1.29, 1.82) is 0 Å². The van der Waals surface area contributed by atoms with E-state index in [2.05, 4.69) is 5.32 Å². The Hall–Kier alpha value is -3.41. The number of Topliss-reactive ketones (excluding diaryl/α,β-unsaturated/α-hetero) is 2. The van der Waals surface area contributed by atoms with E-state index < -0.39 is 58.0 Å². The van der Waals surface area contributed by atoms with Gasteiger partial charge in [-0.1, -0.05) is 25.7 Å². The molecule has 0 bridgehead atoms. The van der Waals surface area contributed by atoms with Gasteiger partial charge in [0.2, 0.25) is 5.78 Å². The van der Waals surface area contributed by atoms with Crippen LogP contribution in [-0.4, -0.2) is 89.2 Å². The van der Waals surface area contributed by atoms with E-state index in [0.717, 1.165) is 17.8 Å². The zero-order valence-corrected chi connectivity index (χ0v) is 25.4. The molecule has 7 N–H and O–H groups in total. The van der Waals surface area contributed by atoms with Gasteiger partial charge in [0.1, 0.15) is 22.8 Å². The third kappa shape index (κ3) is 5.01. The highest BCUT2D eigenvalue weighted by Gasteiger charge is 2.64. The van der Waals surface area contributed by atoms with E-state index >= 15 is 0 Å². The zero-order chi connectivity index (χ0) is 31.4. The Bertz CT molecular complexity index is 1410. The summed E-state index contributed by atoms with van der Waals surface area (Å²) in [5, 5.41) is 49.1. The number of primary amides is 1. The SMILES string of the molecule is CN(C)c1c(CNCC2CCCCCC2)cc(O)c2c1C[C@H]1C[C@H]3[C@H](N(C)C)C(=O)C(C(N)=O)=C(O)[C@@]3(O)C(=O)C1=C2O. The number of likely N-dealkylation sites (N-methyl/N-ethyl adjacent to an activating group) is 1. The number of aromatic hydroxyl groups is 1. The number of hydrogen-bond acceptors (Lipinski definition) is 10. The van der Waals surface area contributed by atoms with Gasteiger partial charge in [0, 0.05) is 37.8 Å². The number of nitrogens with zero attached hydrogens (tertiary/aromatic N) is 2. The van der Waals surface area contributed by atoms with Crippen LogP contribution >= 0.6 is 0 Å². The molecule has 0 heterocycles. The number of aliphatic hydroxyl groups is 3. The first-order chi connectivity index (χ1) is 20.3. The summed E-state index contributed by atoms with van der Waals surface area (Å²) in [5.74, 6) is -5.89. The number of anilines is 1. The van der Waals surface area contributed by atoms with Crippen LogP contribution in [0.2, 0.25) is 0 Å². The fraction of sp³-hybridized carbons (Fsp3) is 0.594. The van der Waals surface area contributed by atoms with E-state index in [1.807, 2.05) is 19.0 Å². The van der Waals surface area contributed by atoms with Crippen LogP contribution in [0.5, 0.6) is 5.75 Å². The van der Waals surface area contributed by atoms with Gasteiger partial charge >= 0.3 is 0 Å². The van der Waals surface area contributed by atoms with Crippen molar-refractivity contribution in [2.24, 2.45) is 23.5 Å². The Kier molecular flexibility index (Phi) is 8.36. The predicted molar refractivity (Wildman–Crippen MR) is 161 cm³/mol. The number of amides is 1. The molecule has 0 spiro atoms. The Morgan fingerprint density at radius 2 is 1.72 bits per heavy atom. The number of carbonyl (C=O) groups excluding carboxylic acids is 3. The highest BCUT2D eigenvalue weighted by atomic mass is 16.3. The minimum atomic E-state index is -2.65. The van der Waals surface area contributed by atoms with Crippen molar-refractivity contribution >= 4 is 28.9 Å². The molecule has 1 amide bonds. The largest absolute Gasteiger partial charge is 0.508 e. The highest BCUT2D eigenvalue weighted by molar-refractivity contribution is 6.24. The first-order valence-electron chi connectivity index (χ1n) is 15.2. The molecule has 11 nitrogen and oxygen atoms in total. The third-order valence-corrected chi connectivity index (χ3v) is 9.94. The first-order valence-corrected chi connectivity index (χ1v) is 15.2. The van der Waals surface area contributed by atoms with Crippen molar-refractivity contribution in [3.63, 3.8) is 0 Å². The third-order valence-electron chi connectivity index (χ3n) is 9.94. The lowest BCUT2D eigenvalue weighted by molar-refractivity contribution is -0.153. The smallest absolute Gasteiger partial charge is 0.255 e. The first kappa shape index (κ1) is 31.0. The average molecular weight is 597 g/mol. The molecule has 2 saturated carbocycles. The summed E-state index contributed by atoms with van der Waals surface area (Å²) < 4.78 is 0. The number of nitrogens with one attached hydrogen (secondary N) is 1. The number of phenolic OH excluding ortho intramolecular Hbond substituents is 1. The van der Waals surface area contributed by atoms with Gasteiger partial charge in [-0.25, -0.2) is 0 Å². The lowest BCUT2D eigenvalue weighted by Gasteiger charge is -2.50. The second-order valence-electron chi connectivity index (χ2n) is 13.1. The van der Waals surface area contributed by atoms with E-state index in [-0.39, 0.29) is 29.7 Å². The molecule has 4 aliphatic carbocycles. The molecular formula is C32H44N4O7. The summed E-state index contributed by atoms with van der Waals surface area (Å²) in [6, 6.07) is 0.485. The fourth-order valence-electron chi connectivity index (χ4n) is 8.04. The van der Waals surface area contributed by atoms with Crippen LogP contribution in [0.4, 0.5) is 5.69 Å². The number of carbonyl (C=O) groups is 3. The van der Waals surface area contributed by atoms with Gasteiger partial charge in [-0.15, -0.1) is 0 Å². The maximum absolute atomic E-state index is 14.1. The average Bonchev–Trinajstić information content (AvgIpc) is 3.19. The number of nitrogens with two attached hydrogens (primary N) is 1. The predicted octanol–water partition coefficient (Wildman–Crippen LogP) is 2.09. The monoisotopic (exact) mass is 596 g/mol. The summed E-state index contributed by atoms with van der Waals surface area (Å²) in [6.07, 6.45) is 7.79. The molecule has 0 aromatic heterocycles. The zero-order valence-electron chi connectivity index (χ0n) is 25.4. The molecule has 0 saturated heterocycles. The van der Waals surface area contributed by atoms with E-state index in [9.17, 15) is 34.8 Å². The number of ketones is 2. The lowest BCUT2D eigenvalue weighted by Crippen LogP contribution is -2.65. The van der Waals surface area contributed by atoms with Crippen molar-refractivity contribution in [2.45, 2.75) is 69.6 Å². The molecule has 1 aromatic rings. The van der Waals surface area contributed by atoms with E-state index in [1.165, 1.54) is 43.4 Å². The van der Waals surface area contributed by atoms with Gasteiger partial charge < -0.3 is 36.4 Å². The summed E-state index contributed by atoms with van der Waals surface area (Å²) in [7, 11) is 6.95. The molecule has 0 aliphatic heterocycles. The Morgan fingerprint density at radius 1 is 1.07 bits per heavy atom. The van der Waals surface area contributed by atoms with Crippen molar-refractivity contribution in [3.8, 4) is 5.75 Å². The van der Waals surface area contributed by atoms with Gasteiger partial charge in [0.25, 0.3) is 5.91 Å². The molecule has 2 fully saturated rings. The standard InChI is InChI=1S/C32H44N4O7/c1-35(2)25-18(15-34-14-16-9-7-5-6-8-10-16)13-21(37)23-19(25)11-17-12-20-26(36(3)4)28(39)24(31(33)42)30(41)32(20,43)29(40)22(17)27(23)38/h13,16-17,20,26,34,37-38,41,43H,5-12,14-15H2,1-4H3,(H2,33,42)/t17-,20-,26-,32-/m0/s1. The molecule has 4 aliphatic rings. The number of benzene rings is 1. The van der Waals surface area contributed by atoms with E-state index in [4.69, 9.17) is 5.73 Å². The quantitative estimate of drug-likeness (QED) is 0.202. The number of hydrogen-bond donors (Lipinski definition) is 6. The van der Waals surface area contributed by atoms with Crippen LogP contribution in [0.25, 0.3) is 5.76 Å². The van der Waals surface area contributed by atoms with Crippen molar-refractivity contribution in [3.05, 3.63) is 39.7 Å². The van der Waals surface area contributed by atoms with Crippen LogP contribution in [-0.2, 0) is 27.3 Å². The number of phenols is 1. The summed E-state index contributed by atoms with van der Waals surface area (Å²) in [6.45, 7) is 1.39. The van der Waals surface area contributed by atoms with Crippen molar-refractivity contribution in [1.82, 2.24) is 10.2 Å². The Labute approximate surface area is 252 Å². The van der Waals surface area contributed by atoms with Crippen LogP contribution in [0.15, 0.2) is 23.0 Å². The molecule has 0 radical (unpaired) electrons. The van der Waals surface area contributed by atoms with Crippen LogP contribution in [0.3, 0.4) is 0 Å². The molecule has 5 rings (SSSR count). The molecular weight excluding hydrogens is 552 g/mol. The van der Waals surface area contributed by atoms with E-state index in [0.29, 0.717) is 18.0 Å². The molecule has 43 heavy (non-hydrogen) atoms.